The van der Waals surface area contributed by atoms with Crippen molar-refractivity contribution in [3.8, 4) is 5.75 Å². The quantitative estimate of drug-likeness (QED) is 0.908. The van der Waals surface area contributed by atoms with Crippen LogP contribution in [-0.2, 0) is 16.1 Å². The summed E-state index contributed by atoms with van der Waals surface area (Å²) in [6.45, 7) is 2.53. The summed E-state index contributed by atoms with van der Waals surface area (Å²) in [6, 6.07) is 11.6. The summed E-state index contributed by atoms with van der Waals surface area (Å²) in [5.41, 5.74) is 2.53. The van der Waals surface area contributed by atoms with Gasteiger partial charge in [-0.3, -0.25) is 9.59 Å². The molecule has 2 aromatic rings. The van der Waals surface area contributed by atoms with Gasteiger partial charge in [0.05, 0.1) is 5.69 Å². The van der Waals surface area contributed by atoms with Gasteiger partial charge in [-0.25, -0.2) is 4.39 Å². The van der Waals surface area contributed by atoms with E-state index in [0.717, 1.165) is 11.1 Å². The first kappa shape index (κ1) is 17.0. The Morgan fingerprint density at radius 3 is 2.76 bits per heavy atom. The number of nitrogens with one attached hydrogen (secondary N) is 1. The molecule has 130 valence electrons. The summed E-state index contributed by atoms with van der Waals surface area (Å²) in [5.74, 6) is 0.00837. The Hall–Kier alpha value is -2.89. The minimum absolute atomic E-state index is 0.0206. The van der Waals surface area contributed by atoms with Crippen LogP contribution in [0, 0.1) is 12.7 Å². The van der Waals surface area contributed by atoms with E-state index in [-0.39, 0.29) is 37.2 Å². The molecule has 0 saturated heterocycles. The summed E-state index contributed by atoms with van der Waals surface area (Å²) in [7, 11) is 0. The number of aryl methyl sites for hydroxylation is 1. The van der Waals surface area contributed by atoms with E-state index in [1.807, 2.05) is 25.1 Å². The Morgan fingerprint density at radius 2 is 2.00 bits per heavy atom. The van der Waals surface area contributed by atoms with Crippen molar-refractivity contribution in [2.75, 3.05) is 18.1 Å². The molecule has 3 rings (SSSR count). The van der Waals surface area contributed by atoms with Crippen LogP contribution in [0.15, 0.2) is 42.5 Å². The van der Waals surface area contributed by atoms with Gasteiger partial charge < -0.3 is 15.0 Å². The summed E-state index contributed by atoms with van der Waals surface area (Å²) in [4.78, 5) is 25.8. The van der Waals surface area contributed by atoms with Gasteiger partial charge in [-0.2, -0.15) is 0 Å². The van der Waals surface area contributed by atoms with E-state index in [1.54, 1.807) is 17.0 Å². The predicted molar refractivity (Wildman–Crippen MR) is 91.9 cm³/mol. The zero-order chi connectivity index (χ0) is 17.8. The molecular formula is C19H19FN2O3. The standard InChI is InChI=1S/C19H19FN2O3/c1-13-2-7-17-16(10-13)22(19(24)12-25-17)9-8-18(23)21-11-14-3-5-15(20)6-4-14/h2-7,10H,8-9,11-12H2,1H3,(H,21,23). The Bertz CT molecular complexity index is 790. The van der Waals surface area contributed by atoms with Crippen LogP contribution in [0.3, 0.4) is 0 Å². The minimum Gasteiger partial charge on any atom is -0.482 e. The molecular weight excluding hydrogens is 323 g/mol. The molecule has 0 unspecified atom stereocenters. The lowest BCUT2D eigenvalue weighted by Crippen LogP contribution is -2.41. The maximum Gasteiger partial charge on any atom is 0.265 e. The number of nitrogens with zero attached hydrogens (tertiary/aromatic N) is 1. The molecule has 1 heterocycles. The maximum absolute atomic E-state index is 12.9. The molecule has 0 radical (unpaired) electrons. The lowest BCUT2D eigenvalue weighted by molar-refractivity contribution is -0.122. The van der Waals surface area contributed by atoms with Gasteiger partial charge in [0.15, 0.2) is 6.61 Å². The van der Waals surface area contributed by atoms with Gasteiger partial charge in [0.25, 0.3) is 5.91 Å². The molecule has 1 aliphatic heterocycles. The molecule has 0 atom stereocenters. The van der Waals surface area contributed by atoms with Crippen molar-refractivity contribution in [1.29, 1.82) is 0 Å². The van der Waals surface area contributed by atoms with E-state index >= 15 is 0 Å². The molecule has 1 aliphatic rings. The Morgan fingerprint density at radius 1 is 1.24 bits per heavy atom. The first-order chi connectivity index (χ1) is 12.0. The number of carbonyl (C=O) groups excluding carboxylic acids is 2. The van der Waals surface area contributed by atoms with Crippen molar-refractivity contribution in [2.45, 2.75) is 19.9 Å². The van der Waals surface area contributed by atoms with Crippen molar-refractivity contribution in [3.63, 3.8) is 0 Å². The lowest BCUT2D eigenvalue weighted by Gasteiger charge is -2.29. The van der Waals surface area contributed by atoms with Gasteiger partial charge in [-0.15, -0.1) is 0 Å². The molecule has 0 aliphatic carbocycles. The highest BCUT2D eigenvalue weighted by molar-refractivity contribution is 5.98. The van der Waals surface area contributed by atoms with Crippen LogP contribution in [0.5, 0.6) is 5.75 Å². The molecule has 2 amide bonds. The Labute approximate surface area is 145 Å². The molecule has 2 aromatic carbocycles. The van der Waals surface area contributed by atoms with E-state index in [9.17, 15) is 14.0 Å². The fourth-order valence-electron chi connectivity index (χ4n) is 2.66. The number of hydrogen-bond acceptors (Lipinski definition) is 3. The fraction of sp³-hybridized carbons (Fsp3) is 0.263. The number of hydrogen-bond donors (Lipinski definition) is 1. The summed E-state index contributed by atoms with van der Waals surface area (Å²) < 4.78 is 18.3. The summed E-state index contributed by atoms with van der Waals surface area (Å²) >= 11 is 0. The second kappa shape index (κ2) is 7.34. The number of fused-ring (bicyclic) bond motifs is 1. The zero-order valence-electron chi connectivity index (χ0n) is 13.9. The largest absolute Gasteiger partial charge is 0.482 e. The second-order valence-electron chi connectivity index (χ2n) is 5.96. The first-order valence-corrected chi connectivity index (χ1v) is 8.08. The summed E-state index contributed by atoms with van der Waals surface area (Å²) in [6.07, 6.45) is 0.181. The van der Waals surface area contributed by atoms with E-state index in [1.165, 1.54) is 12.1 Å². The average Bonchev–Trinajstić information content (AvgIpc) is 2.60. The molecule has 6 heteroatoms. The van der Waals surface area contributed by atoms with Crippen LogP contribution in [0.1, 0.15) is 17.5 Å². The third-order valence-electron chi connectivity index (χ3n) is 4.02. The number of amides is 2. The van der Waals surface area contributed by atoms with Crippen molar-refractivity contribution in [2.24, 2.45) is 0 Å². The van der Waals surface area contributed by atoms with E-state index in [4.69, 9.17) is 4.74 Å². The molecule has 0 bridgehead atoms. The minimum atomic E-state index is -0.310. The van der Waals surface area contributed by atoms with Crippen molar-refractivity contribution in [1.82, 2.24) is 5.32 Å². The zero-order valence-corrected chi connectivity index (χ0v) is 13.9. The van der Waals surface area contributed by atoms with Gasteiger partial charge in [0, 0.05) is 19.5 Å². The number of benzene rings is 2. The van der Waals surface area contributed by atoms with E-state index in [2.05, 4.69) is 5.32 Å². The second-order valence-corrected chi connectivity index (χ2v) is 5.96. The van der Waals surface area contributed by atoms with Gasteiger partial charge in [-0.1, -0.05) is 18.2 Å². The molecule has 25 heavy (non-hydrogen) atoms. The fourth-order valence-corrected chi connectivity index (χ4v) is 2.66. The molecule has 5 nitrogen and oxygen atoms in total. The Balaban J connectivity index is 1.57. The van der Waals surface area contributed by atoms with Gasteiger partial charge in [0.1, 0.15) is 11.6 Å². The smallest absolute Gasteiger partial charge is 0.265 e. The van der Waals surface area contributed by atoms with Gasteiger partial charge in [0.2, 0.25) is 5.91 Å². The van der Waals surface area contributed by atoms with Gasteiger partial charge >= 0.3 is 0 Å². The van der Waals surface area contributed by atoms with Gasteiger partial charge in [-0.05, 0) is 42.3 Å². The molecule has 0 spiro atoms. The Kier molecular flexibility index (Phi) is 4.97. The van der Waals surface area contributed by atoms with E-state index in [0.29, 0.717) is 18.0 Å². The monoisotopic (exact) mass is 342 g/mol. The van der Waals surface area contributed by atoms with E-state index < -0.39 is 0 Å². The number of carbonyl (C=O) groups is 2. The number of halogens is 1. The van der Waals surface area contributed by atoms with Crippen LogP contribution in [0.4, 0.5) is 10.1 Å². The lowest BCUT2D eigenvalue weighted by atomic mass is 10.1. The first-order valence-electron chi connectivity index (χ1n) is 8.08. The third kappa shape index (κ3) is 4.15. The SMILES string of the molecule is Cc1ccc2c(c1)N(CCC(=O)NCc1ccc(F)cc1)C(=O)CO2. The van der Waals surface area contributed by atoms with Crippen molar-refractivity contribution in [3.05, 3.63) is 59.4 Å². The third-order valence-corrected chi connectivity index (χ3v) is 4.02. The normalized spacial score (nSPS) is 13.2. The van der Waals surface area contributed by atoms with Crippen LogP contribution in [0.25, 0.3) is 0 Å². The molecule has 0 saturated carbocycles. The maximum atomic E-state index is 12.9. The highest BCUT2D eigenvalue weighted by atomic mass is 19.1. The average molecular weight is 342 g/mol. The highest BCUT2D eigenvalue weighted by Gasteiger charge is 2.25. The molecule has 0 aromatic heterocycles. The predicted octanol–water partition coefficient (Wildman–Crippen LogP) is 2.57. The van der Waals surface area contributed by atoms with Crippen molar-refractivity contribution < 1.29 is 18.7 Å². The number of rotatable bonds is 5. The van der Waals surface area contributed by atoms with Crippen LogP contribution in [-0.4, -0.2) is 25.0 Å². The topological polar surface area (TPSA) is 58.6 Å². The van der Waals surface area contributed by atoms with Crippen LogP contribution in [0.2, 0.25) is 0 Å². The van der Waals surface area contributed by atoms with Crippen LogP contribution >= 0.6 is 0 Å². The van der Waals surface area contributed by atoms with Crippen molar-refractivity contribution >= 4 is 17.5 Å². The number of ether oxygens (including phenoxy) is 1. The van der Waals surface area contributed by atoms with Crippen LogP contribution < -0.4 is 15.0 Å². The highest BCUT2D eigenvalue weighted by Crippen LogP contribution is 2.32. The molecule has 0 fully saturated rings. The number of anilines is 1. The molecule has 1 N–H and O–H groups in total. The summed E-state index contributed by atoms with van der Waals surface area (Å²) in [5, 5.41) is 2.78.